The van der Waals surface area contributed by atoms with Crippen molar-refractivity contribution >= 4 is 21.6 Å². The van der Waals surface area contributed by atoms with E-state index in [4.69, 9.17) is 0 Å². The van der Waals surface area contributed by atoms with Gasteiger partial charge < -0.3 is 10.0 Å². The van der Waals surface area contributed by atoms with Gasteiger partial charge >= 0.3 is 0 Å². The summed E-state index contributed by atoms with van der Waals surface area (Å²) < 4.78 is 1.00. The highest BCUT2D eigenvalue weighted by atomic mass is 79.9. The molecule has 1 aliphatic rings. The van der Waals surface area contributed by atoms with Gasteiger partial charge in [0.2, 0.25) is 0 Å². The Kier molecular flexibility index (Phi) is 3.03. The second-order valence-corrected chi connectivity index (χ2v) is 4.35. The first-order chi connectivity index (χ1) is 6.83. The molecule has 76 valence electrons. The molecule has 1 aromatic heterocycles. The molecule has 4 heteroatoms. The van der Waals surface area contributed by atoms with Crippen molar-refractivity contribution < 1.29 is 5.11 Å². The molecule has 0 spiro atoms. The van der Waals surface area contributed by atoms with E-state index in [-0.39, 0.29) is 12.6 Å². The Bertz CT molecular complexity index is 319. The minimum Gasteiger partial charge on any atom is -0.394 e. The summed E-state index contributed by atoms with van der Waals surface area (Å²) in [5, 5.41) is 9.22. The Balaban J connectivity index is 2.26. The maximum absolute atomic E-state index is 9.22. The first-order valence-corrected chi connectivity index (χ1v) is 5.59. The van der Waals surface area contributed by atoms with Gasteiger partial charge in [-0.15, -0.1) is 0 Å². The van der Waals surface area contributed by atoms with Crippen molar-refractivity contribution in [3.63, 3.8) is 0 Å². The fourth-order valence-corrected chi connectivity index (χ4v) is 2.42. The van der Waals surface area contributed by atoms with Gasteiger partial charge in [0.15, 0.2) is 0 Å². The average Bonchev–Trinajstić information content (AvgIpc) is 2.66. The van der Waals surface area contributed by atoms with Gasteiger partial charge in [-0.05, 0) is 34.8 Å². The zero-order valence-electron chi connectivity index (χ0n) is 7.86. The Morgan fingerprint density at radius 2 is 2.50 bits per heavy atom. The van der Waals surface area contributed by atoms with Crippen molar-refractivity contribution in [1.29, 1.82) is 0 Å². The fourth-order valence-electron chi connectivity index (χ4n) is 1.94. The lowest BCUT2D eigenvalue weighted by Crippen LogP contribution is -2.32. The van der Waals surface area contributed by atoms with E-state index in [2.05, 4.69) is 25.8 Å². The van der Waals surface area contributed by atoms with Crippen LogP contribution >= 0.6 is 15.9 Å². The fraction of sp³-hybridized carbons (Fsp3) is 0.500. The number of hydrogen-bond acceptors (Lipinski definition) is 3. The molecule has 0 amide bonds. The van der Waals surface area contributed by atoms with Crippen molar-refractivity contribution in [1.82, 2.24) is 4.98 Å². The summed E-state index contributed by atoms with van der Waals surface area (Å²) in [5.74, 6) is 0. The second kappa shape index (κ2) is 4.28. The van der Waals surface area contributed by atoms with E-state index in [1.54, 1.807) is 12.4 Å². The summed E-state index contributed by atoms with van der Waals surface area (Å²) in [6, 6.07) is 2.26. The molecule has 0 aromatic carbocycles. The molecule has 0 radical (unpaired) electrons. The molecule has 0 bridgehead atoms. The van der Waals surface area contributed by atoms with Crippen LogP contribution in [0.5, 0.6) is 0 Å². The molecule has 2 rings (SSSR count). The molecule has 1 unspecified atom stereocenters. The van der Waals surface area contributed by atoms with Gasteiger partial charge in [0.1, 0.15) is 0 Å². The molecule has 2 heterocycles. The molecular weight excluding hydrogens is 244 g/mol. The Labute approximate surface area is 91.9 Å². The Hall–Kier alpha value is -0.610. The standard InChI is InChI=1S/C10H13BrN2O/c11-9-6-12-4-3-10(9)13-5-1-2-8(13)7-14/h3-4,6,8,14H,1-2,5,7H2. The number of nitrogens with zero attached hydrogens (tertiary/aromatic N) is 2. The topological polar surface area (TPSA) is 36.4 Å². The Morgan fingerprint density at radius 3 is 3.21 bits per heavy atom. The number of rotatable bonds is 2. The van der Waals surface area contributed by atoms with Gasteiger partial charge in [0, 0.05) is 18.9 Å². The van der Waals surface area contributed by atoms with Crippen LogP contribution in [0.1, 0.15) is 12.8 Å². The number of aromatic nitrogens is 1. The van der Waals surface area contributed by atoms with Gasteiger partial charge in [0.05, 0.1) is 22.8 Å². The summed E-state index contributed by atoms with van der Waals surface area (Å²) in [6.45, 7) is 1.25. The molecule has 3 nitrogen and oxygen atoms in total. The molecular formula is C10H13BrN2O. The van der Waals surface area contributed by atoms with E-state index in [9.17, 15) is 5.11 Å². The lowest BCUT2D eigenvalue weighted by atomic mass is 10.2. The van der Waals surface area contributed by atoms with Crippen LogP contribution in [0.2, 0.25) is 0 Å². The highest BCUT2D eigenvalue weighted by Gasteiger charge is 2.24. The third kappa shape index (κ3) is 1.77. The molecule has 1 aromatic rings. The predicted octanol–water partition coefficient (Wildman–Crippen LogP) is 1.81. The normalized spacial score (nSPS) is 21.6. The number of hydrogen-bond donors (Lipinski definition) is 1. The number of aliphatic hydroxyl groups is 1. The smallest absolute Gasteiger partial charge is 0.0635 e. The summed E-state index contributed by atoms with van der Waals surface area (Å²) in [4.78, 5) is 6.27. The molecule has 1 fully saturated rings. The SMILES string of the molecule is OCC1CCCN1c1ccncc1Br. The van der Waals surface area contributed by atoms with E-state index in [0.717, 1.165) is 29.5 Å². The van der Waals surface area contributed by atoms with Crippen LogP contribution in [0.4, 0.5) is 5.69 Å². The zero-order valence-corrected chi connectivity index (χ0v) is 9.44. The van der Waals surface area contributed by atoms with Crippen LogP contribution in [0.25, 0.3) is 0 Å². The van der Waals surface area contributed by atoms with Crippen molar-refractivity contribution in [2.24, 2.45) is 0 Å². The summed E-state index contributed by atoms with van der Waals surface area (Å²) in [6.07, 6.45) is 5.81. The quantitative estimate of drug-likeness (QED) is 0.877. The maximum Gasteiger partial charge on any atom is 0.0635 e. The van der Waals surface area contributed by atoms with Gasteiger partial charge in [0.25, 0.3) is 0 Å². The van der Waals surface area contributed by atoms with E-state index < -0.39 is 0 Å². The second-order valence-electron chi connectivity index (χ2n) is 3.50. The van der Waals surface area contributed by atoms with Gasteiger partial charge in [-0.3, -0.25) is 4.98 Å². The molecule has 1 N–H and O–H groups in total. The highest BCUT2D eigenvalue weighted by molar-refractivity contribution is 9.10. The van der Waals surface area contributed by atoms with Gasteiger partial charge in [-0.2, -0.15) is 0 Å². The predicted molar refractivity (Wildman–Crippen MR) is 59.4 cm³/mol. The number of anilines is 1. The van der Waals surface area contributed by atoms with Crippen molar-refractivity contribution in [3.05, 3.63) is 22.9 Å². The van der Waals surface area contributed by atoms with Crippen LogP contribution < -0.4 is 4.90 Å². The average molecular weight is 257 g/mol. The third-order valence-electron chi connectivity index (χ3n) is 2.65. The van der Waals surface area contributed by atoms with E-state index in [1.165, 1.54) is 0 Å². The molecule has 14 heavy (non-hydrogen) atoms. The van der Waals surface area contributed by atoms with E-state index in [0.29, 0.717) is 0 Å². The monoisotopic (exact) mass is 256 g/mol. The van der Waals surface area contributed by atoms with Crippen molar-refractivity contribution in [2.75, 3.05) is 18.1 Å². The van der Waals surface area contributed by atoms with Crippen molar-refractivity contribution in [2.45, 2.75) is 18.9 Å². The lowest BCUT2D eigenvalue weighted by molar-refractivity contribution is 0.266. The highest BCUT2D eigenvalue weighted by Crippen LogP contribution is 2.30. The number of pyridine rings is 1. The number of aliphatic hydroxyl groups excluding tert-OH is 1. The van der Waals surface area contributed by atoms with Gasteiger partial charge in [-0.25, -0.2) is 0 Å². The van der Waals surface area contributed by atoms with Crippen LogP contribution in [0.3, 0.4) is 0 Å². The summed E-state index contributed by atoms with van der Waals surface area (Å²) in [5.41, 5.74) is 1.14. The Morgan fingerprint density at radius 1 is 1.64 bits per heavy atom. The van der Waals surface area contributed by atoms with Crippen LogP contribution in [-0.4, -0.2) is 29.3 Å². The number of halogens is 1. The molecule has 0 aliphatic carbocycles. The lowest BCUT2D eigenvalue weighted by Gasteiger charge is -2.25. The first kappa shape index (κ1) is 9.93. The molecule has 1 atom stereocenters. The van der Waals surface area contributed by atoms with E-state index >= 15 is 0 Å². The largest absolute Gasteiger partial charge is 0.394 e. The first-order valence-electron chi connectivity index (χ1n) is 4.80. The molecule has 1 aliphatic heterocycles. The molecule has 1 saturated heterocycles. The van der Waals surface area contributed by atoms with E-state index in [1.807, 2.05) is 6.07 Å². The minimum atomic E-state index is 0.231. The minimum absolute atomic E-state index is 0.231. The maximum atomic E-state index is 9.22. The van der Waals surface area contributed by atoms with Crippen LogP contribution in [0.15, 0.2) is 22.9 Å². The van der Waals surface area contributed by atoms with Crippen molar-refractivity contribution in [3.8, 4) is 0 Å². The van der Waals surface area contributed by atoms with Crippen LogP contribution in [-0.2, 0) is 0 Å². The third-order valence-corrected chi connectivity index (χ3v) is 3.26. The van der Waals surface area contributed by atoms with Crippen LogP contribution in [0, 0.1) is 0 Å². The molecule has 0 saturated carbocycles. The zero-order chi connectivity index (χ0) is 9.97. The summed E-state index contributed by atoms with van der Waals surface area (Å²) in [7, 11) is 0. The van der Waals surface area contributed by atoms with Gasteiger partial charge in [-0.1, -0.05) is 0 Å². The summed E-state index contributed by atoms with van der Waals surface area (Å²) >= 11 is 3.48.